The van der Waals surface area contributed by atoms with Gasteiger partial charge in [-0.2, -0.15) is 0 Å². The largest absolute Gasteiger partial charge is 0.395 e. The quantitative estimate of drug-likeness (QED) is 0.601. The topological polar surface area (TPSA) is 45.1 Å². The number of nitrogens with zero attached hydrogens (tertiary/aromatic N) is 1. The molecule has 2 atom stereocenters. The zero-order valence-electron chi connectivity index (χ0n) is 10.9. The van der Waals surface area contributed by atoms with E-state index in [4.69, 9.17) is 0 Å². The fourth-order valence-electron chi connectivity index (χ4n) is 1.77. The van der Waals surface area contributed by atoms with Crippen molar-refractivity contribution < 1.29 is 5.11 Å². The van der Waals surface area contributed by atoms with E-state index >= 15 is 0 Å². The van der Waals surface area contributed by atoms with E-state index in [-0.39, 0.29) is 18.7 Å². The molecule has 0 aromatic carbocycles. The third-order valence-electron chi connectivity index (χ3n) is 2.91. The second-order valence-corrected chi connectivity index (χ2v) is 5.47. The predicted octanol–water partition coefficient (Wildman–Crippen LogP) is 3.07. The number of aromatic nitrogens is 1. The van der Waals surface area contributed by atoms with E-state index in [1.165, 1.54) is 0 Å². The fraction of sp³-hybridized carbons (Fsp3) is 0.500. The zero-order valence-corrected chi connectivity index (χ0v) is 12.5. The molecule has 0 saturated heterocycles. The van der Waals surface area contributed by atoms with Gasteiger partial charge in [0.15, 0.2) is 0 Å². The van der Waals surface area contributed by atoms with Gasteiger partial charge in [0.05, 0.1) is 18.3 Å². The van der Waals surface area contributed by atoms with Crippen LogP contribution >= 0.6 is 15.9 Å². The minimum atomic E-state index is 0.0655. The Labute approximate surface area is 117 Å². The monoisotopic (exact) mass is 312 g/mol. The van der Waals surface area contributed by atoms with Gasteiger partial charge in [-0.1, -0.05) is 26.0 Å². The minimum absolute atomic E-state index is 0.0655. The maximum absolute atomic E-state index is 9.40. The lowest BCUT2D eigenvalue weighted by Gasteiger charge is -2.26. The summed E-state index contributed by atoms with van der Waals surface area (Å²) in [6, 6.07) is 6.00. The molecule has 1 heterocycles. The second-order valence-electron chi connectivity index (χ2n) is 4.66. The van der Waals surface area contributed by atoms with Gasteiger partial charge in [0.1, 0.15) is 4.60 Å². The molecule has 1 aromatic rings. The third-order valence-corrected chi connectivity index (χ3v) is 3.35. The molecule has 2 N–H and O–H groups in total. The van der Waals surface area contributed by atoms with Gasteiger partial charge in [-0.25, -0.2) is 4.98 Å². The molecule has 0 radical (unpaired) electrons. The molecule has 0 bridgehead atoms. The Balaban J connectivity index is 2.85. The third kappa shape index (κ3) is 4.52. The van der Waals surface area contributed by atoms with Crippen LogP contribution in [0.4, 0.5) is 0 Å². The lowest BCUT2D eigenvalue weighted by Crippen LogP contribution is -2.39. The Kier molecular flexibility index (Phi) is 6.54. The molecule has 18 heavy (non-hydrogen) atoms. The van der Waals surface area contributed by atoms with Crippen molar-refractivity contribution in [3.63, 3.8) is 0 Å². The highest BCUT2D eigenvalue weighted by Crippen LogP contribution is 2.19. The van der Waals surface area contributed by atoms with Crippen LogP contribution in [0.2, 0.25) is 0 Å². The van der Waals surface area contributed by atoms with Gasteiger partial charge in [-0.3, -0.25) is 0 Å². The van der Waals surface area contributed by atoms with Gasteiger partial charge >= 0.3 is 0 Å². The molecule has 4 heteroatoms. The van der Waals surface area contributed by atoms with Crippen LogP contribution in [0.15, 0.2) is 35.5 Å². The SMILES string of the molecule is C=CC[C@H](N[C@H](CO)C(C)C)c1cccc(Br)n1. The Hall–Kier alpha value is -0.710. The smallest absolute Gasteiger partial charge is 0.106 e. The van der Waals surface area contributed by atoms with Crippen LogP contribution in [0.5, 0.6) is 0 Å². The maximum atomic E-state index is 9.40. The predicted molar refractivity (Wildman–Crippen MR) is 78.3 cm³/mol. The van der Waals surface area contributed by atoms with Crippen molar-refractivity contribution in [2.45, 2.75) is 32.4 Å². The van der Waals surface area contributed by atoms with Gasteiger partial charge in [-0.15, -0.1) is 6.58 Å². The van der Waals surface area contributed by atoms with E-state index in [9.17, 15) is 5.11 Å². The maximum Gasteiger partial charge on any atom is 0.106 e. The lowest BCUT2D eigenvalue weighted by atomic mass is 10.0. The molecule has 100 valence electrons. The average Bonchev–Trinajstić information content (AvgIpc) is 2.34. The molecule has 0 aliphatic rings. The summed E-state index contributed by atoms with van der Waals surface area (Å²) in [6.07, 6.45) is 2.65. The van der Waals surface area contributed by atoms with E-state index in [0.29, 0.717) is 5.92 Å². The first-order chi connectivity index (χ1) is 8.58. The Morgan fingerprint density at radius 2 is 2.22 bits per heavy atom. The highest BCUT2D eigenvalue weighted by molar-refractivity contribution is 9.10. The molecule has 0 saturated carbocycles. The summed E-state index contributed by atoms with van der Waals surface area (Å²) in [5.41, 5.74) is 0.961. The molecule has 1 aromatic heterocycles. The molecular formula is C14H21BrN2O. The van der Waals surface area contributed by atoms with Gasteiger partial charge in [0.25, 0.3) is 0 Å². The molecular weight excluding hydrogens is 292 g/mol. The van der Waals surface area contributed by atoms with E-state index in [1.807, 2.05) is 24.3 Å². The van der Waals surface area contributed by atoms with Crippen LogP contribution in [0.3, 0.4) is 0 Å². The van der Waals surface area contributed by atoms with Crippen LogP contribution in [0, 0.1) is 5.92 Å². The number of aliphatic hydroxyl groups is 1. The number of nitrogens with one attached hydrogen (secondary N) is 1. The van der Waals surface area contributed by atoms with Crippen LogP contribution in [-0.4, -0.2) is 22.7 Å². The molecule has 0 unspecified atom stereocenters. The standard InChI is InChI=1S/C14H21BrN2O/c1-4-6-11(16-13(9-18)10(2)3)12-7-5-8-14(15)17-12/h4-5,7-8,10-11,13,16,18H,1,6,9H2,2-3H3/t11-,13+/m0/s1. The van der Waals surface area contributed by atoms with Crippen molar-refractivity contribution in [1.82, 2.24) is 10.3 Å². The van der Waals surface area contributed by atoms with Crippen molar-refractivity contribution in [3.8, 4) is 0 Å². The summed E-state index contributed by atoms with van der Waals surface area (Å²) in [6.45, 7) is 8.09. The van der Waals surface area contributed by atoms with E-state index < -0.39 is 0 Å². The Morgan fingerprint density at radius 3 is 2.72 bits per heavy atom. The zero-order chi connectivity index (χ0) is 13.5. The summed E-state index contributed by atoms with van der Waals surface area (Å²) >= 11 is 3.38. The second kappa shape index (κ2) is 7.67. The summed E-state index contributed by atoms with van der Waals surface area (Å²) in [7, 11) is 0. The molecule has 3 nitrogen and oxygen atoms in total. The number of rotatable bonds is 7. The number of hydrogen-bond donors (Lipinski definition) is 2. The summed E-state index contributed by atoms with van der Waals surface area (Å²) in [4.78, 5) is 4.46. The Morgan fingerprint density at radius 1 is 1.50 bits per heavy atom. The summed E-state index contributed by atoms with van der Waals surface area (Å²) in [5, 5.41) is 12.8. The number of halogens is 1. The fourth-order valence-corrected chi connectivity index (χ4v) is 2.13. The summed E-state index contributed by atoms with van der Waals surface area (Å²) < 4.78 is 0.820. The number of aliphatic hydroxyl groups excluding tert-OH is 1. The lowest BCUT2D eigenvalue weighted by molar-refractivity contribution is 0.198. The molecule has 0 fully saturated rings. The summed E-state index contributed by atoms with van der Waals surface area (Å²) in [5.74, 6) is 0.370. The van der Waals surface area contributed by atoms with Crippen LogP contribution in [-0.2, 0) is 0 Å². The molecule has 0 amide bonds. The van der Waals surface area contributed by atoms with Crippen LogP contribution < -0.4 is 5.32 Å². The van der Waals surface area contributed by atoms with E-state index in [2.05, 4.69) is 46.7 Å². The van der Waals surface area contributed by atoms with Crippen molar-refractivity contribution in [2.75, 3.05) is 6.61 Å². The average molecular weight is 313 g/mol. The highest BCUT2D eigenvalue weighted by atomic mass is 79.9. The van der Waals surface area contributed by atoms with Crippen molar-refractivity contribution in [2.24, 2.45) is 5.92 Å². The normalized spacial score (nSPS) is 14.5. The first kappa shape index (κ1) is 15.3. The first-order valence-corrected chi connectivity index (χ1v) is 6.98. The molecule has 0 aliphatic heterocycles. The number of hydrogen-bond acceptors (Lipinski definition) is 3. The number of pyridine rings is 1. The first-order valence-electron chi connectivity index (χ1n) is 6.18. The molecule has 0 aliphatic carbocycles. The van der Waals surface area contributed by atoms with Gasteiger partial charge in [-0.05, 0) is 40.4 Å². The minimum Gasteiger partial charge on any atom is -0.395 e. The van der Waals surface area contributed by atoms with Crippen molar-refractivity contribution in [3.05, 3.63) is 41.2 Å². The van der Waals surface area contributed by atoms with Crippen molar-refractivity contribution >= 4 is 15.9 Å². The van der Waals surface area contributed by atoms with Crippen LogP contribution in [0.25, 0.3) is 0 Å². The molecule has 1 rings (SSSR count). The van der Waals surface area contributed by atoms with E-state index in [1.54, 1.807) is 0 Å². The van der Waals surface area contributed by atoms with Gasteiger partial charge in [0.2, 0.25) is 0 Å². The van der Waals surface area contributed by atoms with Gasteiger partial charge < -0.3 is 10.4 Å². The van der Waals surface area contributed by atoms with Gasteiger partial charge in [0, 0.05) is 6.04 Å². The molecule has 0 spiro atoms. The Bertz CT molecular complexity index is 382. The van der Waals surface area contributed by atoms with E-state index in [0.717, 1.165) is 16.7 Å². The highest BCUT2D eigenvalue weighted by Gasteiger charge is 2.19. The van der Waals surface area contributed by atoms with Crippen LogP contribution in [0.1, 0.15) is 32.0 Å². The van der Waals surface area contributed by atoms with Crippen molar-refractivity contribution in [1.29, 1.82) is 0 Å².